The van der Waals surface area contributed by atoms with Crippen molar-refractivity contribution in [1.29, 1.82) is 0 Å². The molecule has 0 radical (unpaired) electrons. The van der Waals surface area contributed by atoms with Gasteiger partial charge in [-0.25, -0.2) is 9.97 Å². The zero-order chi connectivity index (χ0) is 19.1. The van der Waals surface area contributed by atoms with E-state index in [0.717, 1.165) is 18.7 Å². The molecule has 4 N–H and O–H groups in total. The molecule has 0 aliphatic heterocycles. The van der Waals surface area contributed by atoms with E-state index < -0.39 is 0 Å². The van der Waals surface area contributed by atoms with Gasteiger partial charge in [0.2, 0.25) is 0 Å². The molecule has 0 bridgehead atoms. The lowest BCUT2D eigenvalue weighted by molar-refractivity contribution is 0.395. The number of hydrogen-bond donors (Lipinski definition) is 3. The zero-order valence-electron chi connectivity index (χ0n) is 15.9. The second kappa shape index (κ2) is 9.12. The Morgan fingerprint density at radius 2 is 1.96 bits per heavy atom. The number of aromatic nitrogens is 2. The van der Waals surface area contributed by atoms with Gasteiger partial charge in [0.05, 0.1) is 19.9 Å². The van der Waals surface area contributed by atoms with Crippen molar-refractivity contribution < 1.29 is 9.47 Å². The predicted octanol–water partition coefficient (Wildman–Crippen LogP) is 4.12. The quantitative estimate of drug-likeness (QED) is 0.602. The number of rotatable bonds is 8. The van der Waals surface area contributed by atoms with Gasteiger partial charge in [0.25, 0.3) is 0 Å². The first kappa shape index (κ1) is 18.8. The van der Waals surface area contributed by atoms with E-state index in [2.05, 4.69) is 26.7 Å². The smallest absolute Gasteiger partial charge is 0.159 e. The van der Waals surface area contributed by atoms with Crippen LogP contribution >= 0.6 is 0 Å². The van der Waals surface area contributed by atoms with E-state index >= 15 is 0 Å². The van der Waals surface area contributed by atoms with Crippen LogP contribution in [0.5, 0.6) is 11.5 Å². The SMILES string of the molecule is COc1ccc(Nc2ncnc(NCCC3=CCCCC3)c2N)c(OC)c1. The van der Waals surface area contributed by atoms with Crippen molar-refractivity contribution in [2.45, 2.75) is 32.1 Å². The molecule has 0 fully saturated rings. The van der Waals surface area contributed by atoms with Gasteiger partial charge >= 0.3 is 0 Å². The van der Waals surface area contributed by atoms with Crippen molar-refractivity contribution in [3.63, 3.8) is 0 Å². The van der Waals surface area contributed by atoms with Gasteiger partial charge in [0.15, 0.2) is 11.6 Å². The topological polar surface area (TPSA) is 94.3 Å². The van der Waals surface area contributed by atoms with Crippen LogP contribution in [0.2, 0.25) is 0 Å². The standard InChI is InChI=1S/C20H27N5O2/c1-26-15-8-9-16(17(12-15)27-2)25-20-18(21)19(23-13-24-20)22-11-10-14-6-4-3-5-7-14/h6,8-9,12-13H,3-5,7,10-11,21H2,1-2H3,(H2,22,23,24,25). The van der Waals surface area contributed by atoms with Gasteiger partial charge in [0.1, 0.15) is 23.5 Å². The Hall–Kier alpha value is -2.96. The van der Waals surface area contributed by atoms with Gasteiger partial charge in [0, 0.05) is 12.6 Å². The van der Waals surface area contributed by atoms with Crippen molar-refractivity contribution in [2.24, 2.45) is 0 Å². The van der Waals surface area contributed by atoms with Gasteiger partial charge in [-0.15, -0.1) is 0 Å². The molecule has 0 saturated carbocycles. The first-order chi connectivity index (χ1) is 13.2. The van der Waals surface area contributed by atoms with Crippen LogP contribution in [-0.4, -0.2) is 30.7 Å². The van der Waals surface area contributed by atoms with Crippen LogP contribution in [-0.2, 0) is 0 Å². The van der Waals surface area contributed by atoms with Crippen LogP contribution in [0.15, 0.2) is 36.2 Å². The predicted molar refractivity (Wildman–Crippen MR) is 109 cm³/mol. The number of nitrogens with two attached hydrogens (primary N) is 1. The first-order valence-corrected chi connectivity index (χ1v) is 9.22. The highest BCUT2D eigenvalue weighted by molar-refractivity contribution is 5.79. The highest BCUT2D eigenvalue weighted by Crippen LogP contribution is 2.33. The van der Waals surface area contributed by atoms with Crippen LogP contribution in [0.1, 0.15) is 32.1 Å². The highest BCUT2D eigenvalue weighted by atomic mass is 16.5. The lowest BCUT2D eigenvalue weighted by Crippen LogP contribution is -2.10. The lowest BCUT2D eigenvalue weighted by atomic mass is 9.97. The van der Waals surface area contributed by atoms with E-state index in [4.69, 9.17) is 15.2 Å². The molecule has 2 aromatic rings. The zero-order valence-corrected chi connectivity index (χ0v) is 15.9. The molecule has 0 amide bonds. The lowest BCUT2D eigenvalue weighted by Gasteiger charge is -2.16. The molecule has 144 valence electrons. The van der Waals surface area contributed by atoms with Crippen molar-refractivity contribution in [3.8, 4) is 11.5 Å². The number of benzene rings is 1. The maximum Gasteiger partial charge on any atom is 0.159 e. The van der Waals surface area contributed by atoms with Gasteiger partial charge < -0.3 is 25.8 Å². The van der Waals surface area contributed by atoms with E-state index in [1.165, 1.54) is 37.6 Å². The Labute approximate surface area is 160 Å². The summed E-state index contributed by atoms with van der Waals surface area (Å²) >= 11 is 0. The molecule has 0 atom stereocenters. The van der Waals surface area contributed by atoms with Crippen LogP contribution in [0.3, 0.4) is 0 Å². The number of nitrogens with zero attached hydrogens (tertiary/aromatic N) is 2. The summed E-state index contributed by atoms with van der Waals surface area (Å²) in [6.07, 6.45) is 9.86. The van der Waals surface area contributed by atoms with Gasteiger partial charge in [-0.05, 0) is 44.2 Å². The average Bonchev–Trinajstić information content (AvgIpc) is 2.71. The molecule has 0 saturated heterocycles. The minimum absolute atomic E-state index is 0.480. The van der Waals surface area contributed by atoms with Crippen LogP contribution in [0.4, 0.5) is 23.0 Å². The second-order valence-corrected chi connectivity index (χ2v) is 6.46. The van der Waals surface area contributed by atoms with Crippen molar-refractivity contribution in [2.75, 3.05) is 37.1 Å². The van der Waals surface area contributed by atoms with Crippen LogP contribution in [0.25, 0.3) is 0 Å². The Balaban J connectivity index is 1.68. The summed E-state index contributed by atoms with van der Waals surface area (Å²) in [7, 11) is 3.22. The minimum Gasteiger partial charge on any atom is -0.497 e. The number of allylic oxidation sites excluding steroid dienone is 1. The number of hydrogen-bond acceptors (Lipinski definition) is 7. The third-order valence-corrected chi connectivity index (χ3v) is 4.67. The van der Waals surface area contributed by atoms with Gasteiger partial charge in [-0.2, -0.15) is 0 Å². The summed E-state index contributed by atoms with van der Waals surface area (Å²) in [4.78, 5) is 8.54. The normalized spacial score (nSPS) is 13.6. The number of nitrogens with one attached hydrogen (secondary N) is 2. The maximum absolute atomic E-state index is 6.27. The molecular formula is C20H27N5O2. The number of ether oxygens (including phenoxy) is 2. The summed E-state index contributed by atoms with van der Waals surface area (Å²) in [5.41, 5.74) is 9.02. The number of methoxy groups -OCH3 is 2. The number of nitrogen functional groups attached to an aromatic ring is 1. The van der Waals surface area contributed by atoms with Crippen molar-refractivity contribution in [3.05, 3.63) is 36.2 Å². The monoisotopic (exact) mass is 369 g/mol. The van der Waals surface area contributed by atoms with E-state index in [9.17, 15) is 0 Å². The van der Waals surface area contributed by atoms with E-state index in [-0.39, 0.29) is 0 Å². The van der Waals surface area contributed by atoms with E-state index in [0.29, 0.717) is 28.8 Å². The third-order valence-electron chi connectivity index (χ3n) is 4.67. The minimum atomic E-state index is 0.480. The molecular weight excluding hydrogens is 342 g/mol. The Morgan fingerprint density at radius 3 is 2.70 bits per heavy atom. The van der Waals surface area contributed by atoms with Crippen molar-refractivity contribution >= 4 is 23.0 Å². The second-order valence-electron chi connectivity index (χ2n) is 6.46. The van der Waals surface area contributed by atoms with Crippen molar-refractivity contribution in [1.82, 2.24) is 9.97 Å². The van der Waals surface area contributed by atoms with Gasteiger partial charge in [-0.1, -0.05) is 11.6 Å². The highest BCUT2D eigenvalue weighted by Gasteiger charge is 2.12. The van der Waals surface area contributed by atoms with E-state index in [1.54, 1.807) is 20.3 Å². The van der Waals surface area contributed by atoms with Crippen LogP contribution in [0, 0.1) is 0 Å². The molecule has 3 rings (SSSR count). The summed E-state index contributed by atoms with van der Waals surface area (Å²) < 4.78 is 10.6. The molecule has 0 spiro atoms. The molecule has 27 heavy (non-hydrogen) atoms. The summed E-state index contributed by atoms with van der Waals surface area (Å²) in [5, 5.41) is 6.54. The molecule has 7 nitrogen and oxygen atoms in total. The fraction of sp³-hybridized carbons (Fsp3) is 0.400. The molecule has 1 aromatic heterocycles. The van der Waals surface area contributed by atoms with Gasteiger partial charge in [-0.3, -0.25) is 0 Å². The van der Waals surface area contributed by atoms with E-state index in [1.807, 2.05) is 12.1 Å². The Bertz CT molecular complexity index is 807. The molecule has 1 heterocycles. The molecule has 0 unspecified atom stereocenters. The molecule has 1 aliphatic carbocycles. The molecule has 1 aliphatic rings. The maximum atomic E-state index is 6.27. The fourth-order valence-electron chi connectivity index (χ4n) is 3.14. The Morgan fingerprint density at radius 1 is 1.11 bits per heavy atom. The fourth-order valence-corrected chi connectivity index (χ4v) is 3.14. The molecule has 7 heteroatoms. The third kappa shape index (κ3) is 4.81. The average molecular weight is 369 g/mol. The summed E-state index contributed by atoms with van der Waals surface area (Å²) in [5.74, 6) is 2.53. The first-order valence-electron chi connectivity index (χ1n) is 9.22. The number of anilines is 4. The summed E-state index contributed by atoms with van der Waals surface area (Å²) in [6, 6.07) is 5.51. The Kier molecular flexibility index (Phi) is 6.35. The largest absolute Gasteiger partial charge is 0.497 e. The van der Waals surface area contributed by atoms with Crippen LogP contribution < -0.4 is 25.8 Å². The molecule has 1 aromatic carbocycles. The summed E-state index contributed by atoms with van der Waals surface area (Å²) in [6.45, 7) is 0.804.